The maximum absolute atomic E-state index is 10.8. The van der Waals surface area contributed by atoms with Crippen molar-refractivity contribution in [3.63, 3.8) is 0 Å². The van der Waals surface area contributed by atoms with E-state index in [9.17, 15) is 6.14 Å². The minimum atomic E-state index is -3.28. The van der Waals surface area contributed by atoms with Gasteiger partial charge in [0, 0.05) is 0 Å². The van der Waals surface area contributed by atoms with E-state index in [4.69, 9.17) is 0 Å². The van der Waals surface area contributed by atoms with E-state index in [-0.39, 0.29) is 0 Å². The van der Waals surface area contributed by atoms with Gasteiger partial charge in [0.25, 0.3) is 0 Å². The van der Waals surface area contributed by atoms with Gasteiger partial charge in [0.05, 0.1) is 3.57 Å². The molecule has 0 atom stereocenters. The third-order valence-electron chi connectivity index (χ3n) is 1.94. The lowest BCUT2D eigenvalue weighted by Gasteiger charge is -2.02. The van der Waals surface area contributed by atoms with Crippen LogP contribution in [0.2, 0.25) is 0 Å². The summed E-state index contributed by atoms with van der Waals surface area (Å²) in [6.07, 6.45) is 0. The third-order valence-corrected chi connectivity index (χ3v) is 4.05. The van der Waals surface area contributed by atoms with Gasteiger partial charge in [-0.3, -0.25) is 0 Å². The molecule has 1 aromatic rings. The van der Waals surface area contributed by atoms with Crippen molar-refractivity contribution in [2.75, 3.05) is 0 Å². The Morgan fingerprint density at radius 3 is 1.92 bits per heavy atom. The van der Waals surface area contributed by atoms with Crippen LogP contribution in [-0.4, -0.2) is 0 Å². The van der Waals surface area contributed by atoms with Crippen LogP contribution in [0.25, 0.3) is 0 Å². The van der Waals surface area contributed by atoms with E-state index in [0.717, 1.165) is 16.7 Å². The highest BCUT2D eigenvalue weighted by Gasteiger charge is 2.05. The minimum Gasteiger partial charge on any atom is -0.230 e. The van der Waals surface area contributed by atoms with Crippen LogP contribution in [0.1, 0.15) is 16.7 Å². The Bertz CT molecular complexity index is 370. The number of rotatable bonds is 1. The Hall–Kier alpha value is -0.450. The number of aryl methyl sites for hydroxylation is 3. The highest BCUT2D eigenvalue weighted by Crippen LogP contribution is 2.24. The first-order valence-electron chi connectivity index (χ1n) is 3.65. The van der Waals surface area contributed by atoms with Gasteiger partial charge in [0.1, 0.15) is 0 Å². The number of halogens is 1. The monoisotopic (exact) mass is 278 g/mol. The Labute approximate surface area is 79.1 Å². The zero-order valence-electron chi connectivity index (χ0n) is 7.35. The van der Waals surface area contributed by atoms with Crippen molar-refractivity contribution in [3.05, 3.63) is 32.4 Å². The molecule has 0 aliphatic heterocycles. The number of benzene rings is 1. The van der Waals surface area contributed by atoms with Crippen molar-refractivity contribution in [1.82, 2.24) is 0 Å². The molecule has 3 heteroatoms. The molecular weight excluding hydrogens is 267 g/mol. The van der Waals surface area contributed by atoms with E-state index in [1.807, 2.05) is 26.8 Å². The minimum absolute atomic E-state index is 0.530. The van der Waals surface area contributed by atoms with Gasteiger partial charge in [-0.15, -0.1) is 0 Å². The molecule has 0 fully saturated rings. The lowest BCUT2D eigenvalue weighted by Crippen LogP contribution is -1.87. The topological polar surface area (TPSA) is 34.1 Å². The molecule has 0 saturated carbocycles. The SMILES string of the molecule is Cc1cc(C)c(I(=O)=O)cc1C. The normalized spacial score (nSPS) is 10.7. The second-order valence-electron chi connectivity index (χ2n) is 2.90. The molecule has 1 rings (SSSR count). The van der Waals surface area contributed by atoms with E-state index in [1.54, 1.807) is 6.07 Å². The summed E-state index contributed by atoms with van der Waals surface area (Å²) in [5.74, 6) is 0. The summed E-state index contributed by atoms with van der Waals surface area (Å²) in [6.45, 7) is 5.75. The molecule has 0 saturated heterocycles. The molecule has 0 N–H and O–H groups in total. The molecule has 0 radical (unpaired) electrons. The van der Waals surface area contributed by atoms with Gasteiger partial charge >= 0.3 is 19.8 Å². The van der Waals surface area contributed by atoms with Gasteiger partial charge in [0.2, 0.25) is 0 Å². The molecule has 2 nitrogen and oxygen atoms in total. The summed E-state index contributed by atoms with van der Waals surface area (Å²) in [4.78, 5) is 0. The fourth-order valence-electron chi connectivity index (χ4n) is 1.09. The molecule has 12 heavy (non-hydrogen) atoms. The number of hydrogen-bond donors (Lipinski definition) is 0. The molecule has 0 heterocycles. The predicted molar refractivity (Wildman–Crippen MR) is 54.7 cm³/mol. The van der Waals surface area contributed by atoms with Crippen molar-refractivity contribution < 1.29 is 6.14 Å². The molecule has 0 aromatic heterocycles. The molecule has 0 amide bonds. The van der Waals surface area contributed by atoms with E-state index in [0.29, 0.717) is 3.57 Å². The molecule has 0 bridgehead atoms. The van der Waals surface area contributed by atoms with Crippen LogP contribution in [0.15, 0.2) is 12.1 Å². The predicted octanol–water partition coefficient (Wildman–Crippen LogP) is 2.98. The van der Waals surface area contributed by atoms with E-state index in [2.05, 4.69) is 0 Å². The number of hydrogen-bond acceptors (Lipinski definition) is 2. The maximum Gasteiger partial charge on any atom is 0.341 e. The summed E-state index contributed by atoms with van der Waals surface area (Å²) >= 11 is -3.28. The average Bonchev–Trinajstić information content (AvgIpc) is 1.96. The van der Waals surface area contributed by atoms with Crippen LogP contribution in [0.5, 0.6) is 0 Å². The van der Waals surface area contributed by atoms with E-state index in [1.165, 1.54) is 0 Å². The van der Waals surface area contributed by atoms with Crippen molar-refractivity contribution in [2.24, 2.45) is 0 Å². The van der Waals surface area contributed by atoms with E-state index >= 15 is 0 Å². The highest BCUT2D eigenvalue weighted by molar-refractivity contribution is 14.2. The first-order chi connectivity index (χ1) is 5.52. The zero-order valence-corrected chi connectivity index (χ0v) is 9.51. The van der Waals surface area contributed by atoms with Crippen molar-refractivity contribution in [2.45, 2.75) is 20.8 Å². The second-order valence-corrected chi connectivity index (χ2v) is 5.31. The molecule has 1 aromatic carbocycles. The standard InChI is InChI=1S/C9H11IO2/c1-6-4-8(3)9(10(11)12)5-7(6)2/h4-5H,1-3H3. The molecule has 66 valence electrons. The third kappa shape index (κ3) is 1.83. The fraction of sp³-hybridized carbons (Fsp3) is 0.333. The molecular formula is C9H11IO2. The fourth-order valence-corrected chi connectivity index (χ4v) is 2.66. The lowest BCUT2D eigenvalue weighted by molar-refractivity contribution is 0.610. The largest absolute Gasteiger partial charge is 0.341 e. The van der Waals surface area contributed by atoms with Crippen LogP contribution in [0.3, 0.4) is 0 Å². The van der Waals surface area contributed by atoms with Gasteiger partial charge < -0.3 is 0 Å². The Kier molecular flexibility index (Phi) is 2.82. The maximum atomic E-state index is 10.8. The van der Waals surface area contributed by atoms with E-state index < -0.39 is 19.8 Å². The summed E-state index contributed by atoms with van der Waals surface area (Å²) in [5, 5.41) is 0. The van der Waals surface area contributed by atoms with Gasteiger partial charge in [0.15, 0.2) is 0 Å². The second kappa shape index (κ2) is 3.51. The molecule has 0 aliphatic rings. The Morgan fingerprint density at radius 1 is 0.917 bits per heavy atom. The van der Waals surface area contributed by atoms with Crippen molar-refractivity contribution >= 4 is 19.8 Å². The van der Waals surface area contributed by atoms with Gasteiger partial charge in [-0.25, -0.2) is 6.14 Å². The summed E-state index contributed by atoms with van der Waals surface area (Å²) < 4.78 is 22.2. The van der Waals surface area contributed by atoms with Crippen LogP contribution < -0.4 is 0 Å². The molecule has 0 unspecified atom stereocenters. The summed E-state index contributed by atoms with van der Waals surface area (Å²) in [7, 11) is 0. The summed E-state index contributed by atoms with van der Waals surface area (Å²) in [5.41, 5.74) is 3.06. The lowest BCUT2D eigenvalue weighted by atomic mass is 10.1. The van der Waals surface area contributed by atoms with Crippen LogP contribution >= 0.6 is 19.8 Å². The van der Waals surface area contributed by atoms with Gasteiger partial charge in [-0.2, -0.15) is 0 Å². The van der Waals surface area contributed by atoms with Crippen molar-refractivity contribution in [3.8, 4) is 0 Å². The molecule has 0 spiro atoms. The zero-order chi connectivity index (χ0) is 9.30. The Balaban J connectivity index is 3.43. The Morgan fingerprint density at radius 2 is 1.42 bits per heavy atom. The quantitative estimate of drug-likeness (QED) is 0.740. The first-order valence-corrected chi connectivity index (χ1v) is 6.49. The smallest absolute Gasteiger partial charge is 0.230 e. The first kappa shape index (κ1) is 9.64. The molecule has 0 aliphatic carbocycles. The van der Waals surface area contributed by atoms with Crippen molar-refractivity contribution in [1.29, 1.82) is 0 Å². The highest BCUT2D eigenvalue weighted by atomic mass is 127. The van der Waals surface area contributed by atoms with Gasteiger partial charge in [-0.1, -0.05) is 6.07 Å². The average molecular weight is 278 g/mol. The summed E-state index contributed by atoms with van der Waals surface area (Å²) in [6, 6.07) is 3.68. The van der Waals surface area contributed by atoms with Crippen LogP contribution in [0.4, 0.5) is 0 Å². The van der Waals surface area contributed by atoms with Gasteiger partial charge in [-0.05, 0) is 43.5 Å². The van der Waals surface area contributed by atoms with Crippen LogP contribution in [0, 0.1) is 24.3 Å². The van der Waals surface area contributed by atoms with Crippen LogP contribution in [-0.2, 0) is 6.14 Å².